The molecule has 0 aliphatic carbocycles. The number of likely N-dealkylation sites (tertiary alicyclic amines) is 1. The van der Waals surface area contributed by atoms with Crippen LogP contribution in [0.2, 0.25) is 0 Å². The number of anilines is 2. The predicted molar refractivity (Wildman–Crippen MR) is 152 cm³/mol. The van der Waals surface area contributed by atoms with Crippen molar-refractivity contribution in [3.05, 3.63) is 18.2 Å². The van der Waals surface area contributed by atoms with Gasteiger partial charge in [0.05, 0.1) is 5.52 Å². The van der Waals surface area contributed by atoms with Crippen LogP contribution < -0.4 is 21.0 Å². The Morgan fingerprint density at radius 2 is 1.90 bits per heavy atom. The minimum atomic E-state index is -1.62. The molecule has 1 aromatic heterocycles. The van der Waals surface area contributed by atoms with Crippen molar-refractivity contribution in [3.8, 4) is 0 Å². The number of hydrogen-bond acceptors (Lipinski definition) is 9. The molecule has 2 amide bonds. The fraction of sp³-hybridized carbons (Fsp3) is 0.630. The topological polar surface area (TPSA) is 140 Å². The first-order chi connectivity index (χ1) is 18.3. The van der Waals surface area contributed by atoms with Crippen LogP contribution in [-0.2, 0) is 9.53 Å². The van der Waals surface area contributed by atoms with Crippen molar-refractivity contribution >= 4 is 47.3 Å². The lowest BCUT2D eigenvalue weighted by Gasteiger charge is -2.47. The van der Waals surface area contributed by atoms with Crippen molar-refractivity contribution in [2.45, 2.75) is 65.5 Å². The average molecular weight is 540 g/mol. The second-order valence-corrected chi connectivity index (χ2v) is 12.4. The SMILES string of the molecule is CNC(=O)CC(CC(C)C)Nc1nc(N2CCC3(CN(C(=O)OC(C)(C)C)C3)C2)nc2cc(B(O)O)ccc12. The second kappa shape index (κ2) is 11.2. The molecular formula is C27H41BN6O5. The van der Waals surface area contributed by atoms with Gasteiger partial charge in [-0.3, -0.25) is 4.79 Å². The van der Waals surface area contributed by atoms with Crippen molar-refractivity contribution in [2.75, 3.05) is 43.4 Å². The molecule has 0 saturated carbocycles. The lowest BCUT2D eigenvalue weighted by Crippen LogP contribution is -2.60. The van der Waals surface area contributed by atoms with Gasteiger partial charge < -0.3 is 35.2 Å². The first-order valence-electron chi connectivity index (χ1n) is 13.7. The highest BCUT2D eigenvalue weighted by molar-refractivity contribution is 6.58. The molecule has 1 aromatic carbocycles. The van der Waals surface area contributed by atoms with Gasteiger partial charge in [0, 0.05) is 56.5 Å². The van der Waals surface area contributed by atoms with Crippen LogP contribution in [0, 0.1) is 11.3 Å². The smallest absolute Gasteiger partial charge is 0.444 e. The van der Waals surface area contributed by atoms with E-state index in [1.807, 2.05) is 20.8 Å². The number of nitrogens with one attached hydrogen (secondary N) is 2. The highest BCUT2D eigenvalue weighted by Crippen LogP contribution is 2.41. The van der Waals surface area contributed by atoms with Crippen LogP contribution in [0.15, 0.2) is 18.2 Å². The fourth-order valence-corrected chi connectivity index (χ4v) is 5.41. The molecule has 2 fully saturated rings. The van der Waals surface area contributed by atoms with Crippen LogP contribution >= 0.6 is 0 Å². The number of ether oxygens (including phenoxy) is 1. The number of aromatic nitrogens is 2. The number of benzene rings is 1. The van der Waals surface area contributed by atoms with Crippen molar-refractivity contribution < 1.29 is 24.4 Å². The number of carbonyl (C=O) groups excluding carboxylic acids is 2. The first-order valence-corrected chi connectivity index (χ1v) is 13.7. The minimum Gasteiger partial charge on any atom is -0.444 e. The van der Waals surface area contributed by atoms with E-state index in [9.17, 15) is 19.6 Å². The van der Waals surface area contributed by atoms with Crippen LogP contribution in [-0.4, -0.2) is 88.9 Å². The Bertz CT molecular complexity index is 1210. The Balaban J connectivity index is 1.59. The Morgan fingerprint density at radius 1 is 1.18 bits per heavy atom. The normalized spacial score (nSPS) is 17.4. The highest BCUT2D eigenvalue weighted by Gasteiger charge is 2.50. The number of carbonyl (C=O) groups is 2. The number of amides is 2. The van der Waals surface area contributed by atoms with E-state index in [2.05, 4.69) is 29.4 Å². The summed E-state index contributed by atoms with van der Waals surface area (Å²) < 4.78 is 5.52. The second-order valence-electron chi connectivity index (χ2n) is 12.4. The van der Waals surface area contributed by atoms with Gasteiger partial charge in [0.25, 0.3) is 0 Å². The molecule has 1 atom stereocenters. The zero-order chi connectivity index (χ0) is 28.5. The molecule has 4 N–H and O–H groups in total. The van der Waals surface area contributed by atoms with Crippen molar-refractivity contribution in [1.82, 2.24) is 20.2 Å². The summed E-state index contributed by atoms with van der Waals surface area (Å²) in [6, 6.07) is 4.94. The molecule has 11 nitrogen and oxygen atoms in total. The third-order valence-electron chi connectivity index (χ3n) is 7.24. The number of rotatable bonds is 8. The van der Waals surface area contributed by atoms with Gasteiger partial charge >= 0.3 is 13.2 Å². The monoisotopic (exact) mass is 540 g/mol. The molecule has 2 saturated heterocycles. The zero-order valence-corrected chi connectivity index (χ0v) is 23.8. The van der Waals surface area contributed by atoms with E-state index in [1.165, 1.54) is 0 Å². The molecule has 4 rings (SSSR count). The molecule has 1 spiro atoms. The van der Waals surface area contributed by atoms with Crippen LogP contribution in [0.4, 0.5) is 16.6 Å². The Kier molecular flexibility index (Phi) is 8.27. The standard InChI is InChI=1S/C27H41BN6O5/c1-17(2)11-19(13-22(35)29-6)30-23-20-8-7-18(28(37)38)12-21(20)31-24(32-23)33-10-9-27(14-33)15-34(16-27)25(36)39-26(3,4)5/h7-8,12,17,19,37-38H,9-11,13-16H2,1-6H3,(H,29,35)(H,30,31,32). The summed E-state index contributed by atoms with van der Waals surface area (Å²) in [5.74, 6) is 1.44. The third-order valence-corrected chi connectivity index (χ3v) is 7.24. The molecule has 0 radical (unpaired) electrons. The molecule has 3 heterocycles. The van der Waals surface area contributed by atoms with E-state index >= 15 is 0 Å². The van der Waals surface area contributed by atoms with Gasteiger partial charge in [-0.15, -0.1) is 0 Å². The van der Waals surface area contributed by atoms with E-state index in [0.717, 1.165) is 24.8 Å². The Labute approximate surface area is 230 Å². The maximum Gasteiger partial charge on any atom is 0.488 e. The molecule has 0 bridgehead atoms. The number of fused-ring (bicyclic) bond motifs is 1. The highest BCUT2D eigenvalue weighted by atomic mass is 16.6. The van der Waals surface area contributed by atoms with Gasteiger partial charge in [-0.25, -0.2) is 9.78 Å². The molecule has 212 valence electrons. The largest absolute Gasteiger partial charge is 0.488 e. The van der Waals surface area contributed by atoms with Gasteiger partial charge in [0.15, 0.2) is 0 Å². The van der Waals surface area contributed by atoms with Crippen molar-refractivity contribution in [1.29, 1.82) is 0 Å². The van der Waals surface area contributed by atoms with Crippen molar-refractivity contribution in [2.24, 2.45) is 11.3 Å². The summed E-state index contributed by atoms with van der Waals surface area (Å²) in [6.07, 6.45) is 1.69. The maximum atomic E-state index is 12.5. The van der Waals surface area contributed by atoms with Crippen LogP contribution in [0.3, 0.4) is 0 Å². The number of hydrogen-bond donors (Lipinski definition) is 4. The average Bonchev–Trinajstić information content (AvgIpc) is 3.27. The molecule has 2 aliphatic rings. The van der Waals surface area contributed by atoms with Crippen LogP contribution in [0.25, 0.3) is 10.9 Å². The van der Waals surface area contributed by atoms with Gasteiger partial charge in [-0.2, -0.15) is 4.98 Å². The van der Waals surface area contributed by atoms with E-state index < -0.39 is 12.7 Å². The van der Waals surface area contributed by atoms with Crippen LogP contribution in [0.5, 0.6) is 0 Å². The zero-order valence-electron chi connectivity index (χ0n) is 23.8. The van der Waals surface area contributed by atoms with Gasteiger partial charge in [-0.1, -0.05) is 19.9 Å². The predicted octanol–water partition coefficient (Wildman–Crippen LogP) is 1.72. The molecule has 39 heavy (non-hydrogen) atoms. The lowest BCUT2D eigenvalue weighted by atomic mass is 9.79. The lowest BCUT2D eigenvalue weighted by molar-refractivity contribution is -0.120. The van der Waals surface area contributed by atoms with Gasteiger partial charge in [-0.05, 0) is 57.1 Å². The summed E-state index contributed by atoms with van der Waals surface area (Å²) in [6.45, 7) is 12.5. The molecule has 1 unspecified atom stereocenters. The van der Waals surface area contributed by atoms with Gasteiger partial charge in [0.1, 0.15) is 11.4 Å². The summed E-state index contributed by atoms with van der Waals surface area (Å²) in [7, 11) is 0.0116. The summed E-state index contributed by atoms with van der Waals surface area (Å²) in [5.41, 5.74) is 0.356. The summed E-state index contributed by atoms with van der Waals surface area (Å²) in [5, 5.41) is 26.4. The first kappa shape index (κ1) is 28.9. The Morgan fingerprint density at radius 3 is 2.51 bits per heavy atom. The van der Waals surface area contributed by atoms with Gasteiger partial charge in [0.2, 0.25) is 11.9 Å². The van der Waals surface area contributed by atoms with E-state index in [0.29, 0.717) is 54.7 Å². The fourth-order valence-electron chi connectivity index (χ4n) is 5.41. The van der Waals surface area contributed by atoms with Crippen LogP contribution in [0.1, 0.15) is 53.9 Å². The number of nitrogens with zero attached hydrogens (tertiary/aromatic N) is 4. The molecular weight excluding hydrogens is 499 g/mol. The summed E-state index contributed by atoms with van der Waals surface area (Å²) >= 11 is 0. The van der Waals surface area contributed by atoms with Crippen molar-refractivity contribution in [3.63, 3.8) is 0 Å². The van der Waals surface area contributed by atoms with E-state index in [-0.39, 0.29) is 23.5 Å². The molecule has 2 aromatic rings. The third kappa shape index (κ3) is 6.91. The molecule has 2 aliphatic heterocycles. The maximum absolute atomic E-state index is 12.5. The van der Waals surface area contributed by atoms with E-state index in [1.54, 1.807) is 30.1 Å². The molecule has 12 heteroatoms. The summed E-state index contributed by atoms with van der Waals surface area (Å²) in [4.78, 5) is 38.3. The Hall–Kier alpha value is -3.12. The minimum absolute atomic E-state index is 0.0364. The quantitative estimate of drug-likeness (QED) is 0.369. The van der Waals surface area contributed by atoms with E-state index in [4.69, 9.17) is 14.7 Å².